The van der Waals surface area contributed by atoms with E-state index >= 15 is 0 Å². The van der Waals surface area contributed by atoms with E-state index in [2.05, 4.69) is 5.32 Å². The molecule has 7 heteroatoms. The smallest absolute Gasteiger partial charge is 0.317 e. The average Bonchev–Trinajstić information content (AvgIpc) is 2.91. The van der Waals surface area contributed by atoms with Gasteiger partial charge in [0.2, 0.25) is 0 Å². The van der Waals surface area contributed by atoms with E-state index < -0.39 is 17.7 Å². The van der Waals surface area contributed by atoms with Crippen molar-refractivity contribution in [3.63, 3.8) is 0 Å². The summed E-state index contributed by atoms with van der Waals surface area (Å²) in [6.07, 6.45) is 2.09. The topological polar surface area (TPSA) is 88.1 Å². The highest BCUT2D eigenvalue weighted by Crippen LogP contribution is 2.26. The fourth-order valence-corrected chi connectivity index (χ4v) is 3.12. The summed E-state index contributed by atoms with van der Waals surface area (Å²) in [5.74, 6) is -1.61. The Morgan fingerprint density at radius 1 is 1.41 bits per heavy atom. The summed E-state index contributed by atoms with van der Waals surface area (Å²) in [6.45, 7) is 6.61. The Morgan fingerprint density at radius 2 is 2.09 bits per heavy atom. The Morgan fingerprint density at radius 3 is 2.73 bits per heavy atom. The molecule has 0 radical (unpaired) electrons. The predicted molar refractivity (Wildman–Crippen MR) is 79.4 cm³/mol. The second-order valence-electron chi connectivity index (χ2n) is 6.45. The van der Waals surface area contributed by atoms with Crippen LogP contribution in [0.1, 0.15) is 33.1 Å². The Hall–Kier alpha value is -1.34. The maximum absolute atomic E-state index is 12.1. The molecule has 7 nitrogen and oxygen atoms in total. The van der Waals surface area contributed by atoms with Crippen LogP contribution >= 0.6 is 0 Å². The molecule has 2 aliphatic heterocycles. The number of carbonyl (C=O) groups excluding carboxylic acids is 1. The van der Waals surface area contributed by atoms with Gasteiger partial charge in [-0.2, -0.15) is 0 Å². The molecular weight excluding hydrogens is 288 g/mol. The summed E-state index contributed by atoms with van der Waals surface area (Å²) < 4.78 is 11.1. The fraction of sp³-hybridized carbons (Fsp3) is 0.867. The second kappa shape index (κ2) is 7.28. The molecular formula is C15H26N2O5. The molecule has 0 bridgehead atoms. The normalized spacial score (nSPS) is 25.7. The van der Waals surface area contributed by atoms with Crippen LogP contribution in [0.5, 0.6) is 0 Å². The van der Waals surface area contributed by atoms with Crippen LogP contribution in [0.3, 0.4) is 0 Å². The van der Waals surface area contributed by atoms with Crippen LogP contribution in [0, 0.1) is 11.8 Å². The maximum Gasteiger partial charge on any atom is 0.317 e. The van der Waals surface area contributed by atoms with Gasteiger partial charge in [-0.3, -0.25) is 4.79 Å². The highest BCUT2D eigenvalue weighted by Gasteiger charge is 2.33. The molecule has 22 heavy (non-hydrogen) atoms. The van der Waals surface area contributed by atoms with Crippen molar-refractivity contribution in [1.29, 1.82) is 0 Å². The molecule has 2 fully saturated rings. The summed E-state index contributed by atoms with van der Waals surface area (Å²) in [7, 11) is 0. The van der Waals surface area contributed by atoms with Crippen molar-refractivity contribution in [2.24, 2.45) is 11.8 Å². The first-order valence-corrected chi connectivity index (χ1v) is 7.93. The van der Waals surface area contributed by atoms with Crippen molar-refractivity contribution in [1.82, 2.24) is 10.2 Å². The van der Waals surface area contributed by atoms with Crippen molar-refractivity contribution < 1.29 is 24.2 Å². The zero-order valence-electron chi connectivity index (χ0n) is 13.3. The van der Waals surface area contributed by atoms with Crippen molar-refractivity contribution in [3.05, 3.63) is 0 Å². The minimum absolute atomic E-state index is 0.184. The number of urea groups is 1. The van der Waals surface area contributed by atoms with Crippen molar-refractivity contribution in [3.8, 4) is 0 Å². The molecule has 2 N–H and O–H groups in total. The molecule has 2 aliphatic rings. The third-order valence-corrected chi connectivity index (χ3v) is 4.28. The highest BCUT2D eigenvalue weighted by molar-refractivity contribution is 5.76. The number of hydrogen-bond acceptors (Lipinski definition) is 4. The zero-order valence-corrected chi connectivity index (χ0v) is 13.3. The maximum atomic E-state index is 12.1. The number of likely N-dealkylation sites (tertiary alicyclic amines) is 1. The molecule has 2 rings (SSSR count). The van der Waals surface area contributed by atoms with Gasteiger partial charge in [0.25, 0.3) is 0 Å². The number of carboxylic acid groups (broad SMARTS) is 1. The third-order valence-electron chi connectivity index (χ3n) is 4.28. The molecule has 0 saturated carbocycles. The fourth-order valence-electron chi connectivity index (χ4n) is 3.12. The van der Waals surface area contributed by atoms with Gasteiger partial charge in [-0.25, -0.2) is 4.79 Å². The summed E-state index contributed by atoms with van der Waals surface area (Å²) in [5, 5.41) is 11.9. The number of piperidine rings is 1. The van der Waals surface area contributed by atoms with Gasteiger partial charge in [-0.05, 0) is 25.7 Å². The van der Waals surface area contributed by atoms with Gasteiger partial charge in [0.05, 0.1) is 19.1 Å². The van der Waals surface area contributed by atoms with E-state index in [-0.39, 0.29) is 11.9 Å². The number of rotatable bonds is 5. The van der Waals surface area contributed by atoms with Gasteiger partial charge in [0.1, 0.15) is 0 Å². The summed E-state index contributed by atoms with van der Waals surface area (Å²) in [4.78, 5) is 24.8. The number of hydrogen-bond donors (Lipinski definition) is 2. The molecule has 0 aliphatic carbocycles. The van der Waals surface area contributed by atoms with Gasteiger partial charge in [0.15, 0.2) is 5.79 Å². The molecule has 0 spiro atoms. The lowest BCUT2D eigenvalue weighted by Crippen LogP contribution is -2.48. The first-order valence-electron chi connectivity index (χ1n) is 7.93. The lowest BCUT2D eigenvalue weighted by Gasteiger charge is -2.31. The van der Waals surface area contributed by atoms with Crippen LogP contribution in [0.15, 0.2) is 0 Å². The molecule has 0 aromatic rings. The van der Waals surface area contributed by atoms with Gasteiger partial charge < -0.3 is 24.8 Å². The number of aliphatic carboxylic acids is 1. The minimum Gasteiger partial charge on any atom is -0.481 e. The number of carboxylic acids is 1. The van der Waals surface area contributed by atoms with Crippen molar-refractivity contribution in [2.45, 2.75) is 38.9 Å². The number of carbonyl (C=O) groups is 2. The Kier molecular flexibility index (Phi) is 5.63. The van der Waals surface area contributed by atoms with E-state index in [1.54, 1.807) is 4.90 Å². The van der Waals surface area contributed by atoms with E-state index in [1.165, 1.54) is 0 Å². The molecule has 2 atom stereocenters. The standard InChI is InChI=1S/C15H26N2O5/c1-11(8-15(2)21-6-7-22-15)9-16-14(20)17-5-3-4-12(10-17)13(18)19/h11-12H,3-10H2,1-2H3,(H,16,20)(H,18,19). The SMILES string of the molecule is CC(CNC(=O)N1CCCC(C(=O)O)C1)CC1(C)OCCO1. The molecule has 0 aromatic heterocycles. The van der Waals surface area contributed by atoms with Crippen LogP contribution in [-0.4, -0.2) is 60.6 Å². The Balaban J connectivity index is 1.73. The van der Waals surface area contributed by atoms with Gasteiger partial charge in [-0.15, -0.1) is 0 Å². The lowest BCUT2D eigenvalue weighted by atomic mass is 9.98. The number of nitrogens with one attached hydrogen (secondary N) is 1. The van der Waals surface area contributed by atoms with Crippen molar-refractivity contribution in [2.75, 3.05) is 32.8 Å². The number of ether oxygens (including phenoxy) is 2. The molecule has 2 amide bonds. The summed E-state index contributed by atoms with van der Waals surface area (Å²) in [5.41, 5.74) is 0. The van der Waals surface area contributed by atoms with E-state index in [1.807, 2.05) is 13.8 Å². The third kappa shape index (κ3) is 4.58. The van der Waals surface area contributed by atoms with Crippen LogP contribution in [0.4, 0.5) is 4.79 Å². The van der Waals surface area contributed by atoms with Gasteiger partial charge in [0, 0.05) is 26.1 Å². The van der Waals surface area contributed by atoms with E-state index in [9.17, 15) is 9.59 Å². The number of nitrogens with zero attached hydrogens (tertiary/aromatic N) is 1. The largest absolute Gasteiger partial charge is 0.481 e. The van der Waals surface area contributed by atoms with Crippen molar-refractivity contribution >= 4 is 12.0 Å². The molecule has 2 saturated heterocycles. The number of amides is 2. The zero-order chi connectivity index (χ0) is 16.2. The van der Waals surface area contributed by atoms with E-state index in [0.717, 1.165) is 6.42 Å². The van der Waals surface area contributed by atoms with E-state index in [4.69, 9.17) is 14.6 Å². The Bertz CT molecular complexity index is 409. The predicted octanol–water partition coefficient (Wildman–Crippen LogP) is 1.28. The highest BCUT2D eigenvalue weighted by atomic mass is 16.7. The van der Waals surface area contributed by atoms with Crippen LogP contribution in [-0.2, 0) is 14.3 Å². The second-order valence-corrected chi connectivity index (χ2v) is 6.45. The summed E-state index contributed by atoms with van der Waals surface area (Å²) >= 11 is 0. The first-order chi connectivity index (χ1) is 10.4. The van der Waals surface area contributed by atoms with E-state index in [0.29, 0.717) is 45.7 Å². The molecule has 2 unspecified atom stereocenters. The average molecular weight is 314 g/mol. The lowest BCUT2D eigenvalue weighted by molar-refractivity contribution is -0.153. The molecule has 0 aromatic carbocycles. The molecule has 2 heterocycles. The van der Waals surface area contributed by atoms with Gasteiger partial charge >= 0.3 is 12.0 Å². The monoisotopic (exact) mass is 314 g/mol. The molecule has 126 valence electrons. The van der Waals surface area contributed by atoms with Crippen LogP contribution in [0.25, 0.3) is 0 Å². The van der Waals surface area contributed by atoms with Crippen LogP contribution < -0.4 is 5.32 Å². The van der Waals surface area contributed by atoms with Crippen LogP contribution in [0.2, 0.25) is 0 Å². The Labute approximate surface area is 130 Å². The first kappa shape index (κ1) is 17.0. The minimum atomic E-state index is -0.825. The quantitative estimate of drug-likeness (QED) is 0.798. The summed E-state index contributed by atoms with van der Waals surface area (Å²) in [6, 6.07) is -0.184. The van der Waals surface area contributed by atoms with Gasteiger partial charge in [-0.1, -0.05) is 6.92 Å².